The molecule has 0 saturated carbocycles. The molecule has 0 amide bonds. The number of phenolic OH excluding ortho intramolecular Hbond substituents is 1. The second-order valence-corrected chi connectivity index (χ2v) is 2.72. The van der Waals surface area contributed by atoms with Gasteiger partial charge in [0.2, 0.25) is 0 Å². The minimum atomic E-state index is -0.937. The number of benzene rings is 1. The summed E-state index contributed by atoms with van der Waals surface area (Å²) in [5.74, 6) is -0.766. The van der Waals surface area contributed by atoms with Crippen molar-refractivity contribution in [3.8, 4) is 5.75 Å². The van der Waals surface area contributed by atoms with Crippen LogP contribution in [0, 0.1) is 0 Å². The van der Waals surface area contributed by atoms with Gasteiger partial charge in [-0.1, -0.05) is 12.1 Å². The summed E-state index contributed by atoms with van der Waals surface area (Å²) in [7, 11) is 0. The van der Waals surface area contributed by atoms with Gasteiger partial charge in [0.05, 0.1) is 0 Å². The minimum absolute atomic E-state index is 0. The largest absolute Gasteiger partial charge is 2.00 e. The molecule has 0 aromatic heterocycles. The van der Waals surface area contributed by atoms with E-state index < -0.39 is 5.97 Å². The summed E-state index contributed by atoms with van der Waals surface area (Å²) >= 11 is 0. The fourth-order valence-electron chi connectivity index (χ4n) is 0.882. The summed E-state index contributed by atoms with van der Waals surface area (Å²) in [5.41, 5.74) is 1.03. The van der Waals surface area contributed by atoms with E-state index in [0.29, 0.717) is 0 Å². The summed E-state index contributed by atoms with van der Waals surface area (Å²) < 4.78 is 0. The van der Waals surface area contributed by atoms with Crippen LogP contribution < -0.4 is 0 Å². The Bertz CT molecular complexity index is 350. The molecule has 0 atom stereocenters. The number of aliphatic carboxylic acids is 1. The van der Waals surface area contributed by atoms with Crippen molar-refractivity contribution in [2.45, 2.75) is 6.92 Å². The summed E-state index contributed by atoms with van der Waals surface area (Å²) in [4.78, 5) is 10.5. The van der Waals surface area contributed by atoms with Crippen molar-refractivity contribution in [1.29, 1.82) is 0 Å². The quantitative estimate of drug-likeness (QED) is 0.570. The first kappa shape index (κ1) is 13.0. The summed E-state index contributed by atoms with van der Waals surface area (Å²) in [6, 6.07) is 6.34. The number of carbonyl (C=O) groups is 1. The summed E-state index contributed by atoms with van der Waals surface area (Å²) in [6.07, 6.45) is 1.54. The molecule has 14 heavy (non-hydrogen) atoms. The minimum Gasteiger partial charge on any atom is -1.00 e. The third kappa shape index (κ3) is 3.80. The van der Waals surface area contributed by atoms with Crippen LogP contribution in [0.1, 0.15) is 15.3 Å². The van der Waals surface area contributed by atoms with E-state index in [4.69, 9.17) is 10.2 Å². The van der Waals surface area contributed by atoms with E-state index in [1.165, 1.54) is 19.1 Å². The zero-order valence-electron chi connectivity index (χ0n) is 9.90. The van der Waals surface area contributed by atoms with Crippen LogP contribution in [0.4, 0.5) is 0 Å². The van der Waals surface area contributed by atoms with Crippen molar-refractivity contribution >= 4 is 35.1 Å². The van der Waals surface area contributed by atoms with E-state index in [0.717, 1.165) is 5.56 Å². The first-order valence-electron chi connectivity index (χ1n) is 3.80. The predicted octanol–water partition coefficient (Wildman–Crippen LogP) is 1.72. The molecule has 0 spiro atoms. The smallest absolute Gasteiger partial charge is 1.00 e. The molecule has 0 bridgehead atoms. The van der Waals surface area contributed by atoms with E-state index >= 15 is 0 Å². The van der Waals surface area contributed by atoms with Crippen molar-refractivity contribution < 1.29 is 17.9 Å². The molecule has 4 heteroatoms. The van der Waals surface area contributed by atoms with E-state index in [1.807, 2.05) is 0 Å². The first-order chi connectivity index (χ1) is 6.09. The van der Waals surface area contributed by atoms with Gasteiger partial charge >= 0.3 is 29.0 Å². The van der Waals surface area contributed by atoms with Crippen molar-refractivity contribution in [2.75, 3.05) is 0 Å². The number of hydrogen-bond donors (Lipinski definition) is 2. The molecule has 2 N–H and O–H groups in total. The normalized spacial score (nSPS) is 10.5. The molecule has 1 aromatic rings. The number of phenols is 1. The standard InChI is InChI=1S/C10H10O3.Mg.2H/c1-7(10(12)13)6-8-2-4-9(11)5-3-8;;;/h2-6,11H,1H3,(H,12,13);;;/q;+2;2*-1. The van der Waals surface area contributed by atoms with E-state index in [9.17, 15) is 4.79 Å². The Morgan fingerprint density at radius 3 is 2.29 bits per heavy atom. The Kier molecular flexibility index (Phi) is 5.26. The van der Waals surface area contributed by atoms with Crippen LogP contribution in [0.5, 0.6) is 5.75 Å². The molecule has 0 saturated heterocycles. The van der Waals surface area contributed by atoms with Crippen LogP contribution in [0.15, 0.2) is 29.8 Å². The van der Waals surface area contributed by atoms with Crippen molar-refractivity contribution in [2.24, 2.45) is 0 Å². The van der Waals surface area contributed by atoms with Crippen molar-refractivity contribution in [3.05, 3.63) is 35.4 Å². The maximum Gasteiger partial charge on any atom is 2.00 e. The monoisotopic (exact) mass is 204 g/mol. The maximum atomic E-state index is 10.5. The number of aromatic hydroxyl groups is 1. The van der Waals surface area contributed by atoms with Gasteiger partial charge in [-0.05, 0) is 30.7 Å². The topological polar surface area (TPSA) is 57.5 Å². The van der Waals surface area contributed by atoms with Gasteiger partial charge in [0, 0.05) is 5.57 Å². The molecule has 0 unspecified atom stereocenters. The van der Waals surface area contributed by atoms with Crippen LogP contribution in [0.25, 0.3) is 6.08 Å². The zero-order valence-corrected chi connectivity index (χ0v) is 9.31. The Morgan fingerprint density at radius 1 is 1.36 bits per heavy atom. The maximum absolute atomic E-state index is 10.5. The van der Waals surface area contributed by atoms with Crippen LogP contribution >= 0.6 is 0 Å². The molecule has 72 valence electrons. The van der Waals surface area contributed by atoms with E-state index in [1.54, 1.807) is 18.2 Å². The van der Waals surface area contributed by atoms with Gasteiger partial charge in [-0.2, -0.15) is 0 Å². The van der Waals surface area contributed by atoms with Gasteiger partial charge in [0.15, 0.2) is 0 Å². The third-order valence-electron chi connectivity index (χ3n) is 1.61. The predicted molar refractivity (Wildman–Crippen MR) is 57.4 cm³/mol. The molecule has 1 rings (SSSR count). The third-order valence-corrected chi connectivity index (χ3v) is 1.61. The Hall–Kier alpha value is -1.00. The fraction of sp³-hybridized carbons (Fsp3) is 0.100. The molecular weight excluding hydrogens is 192 g/mol. The zero-order chi connectivity index (χ0) is 9.84. The van der Waals surface area contributed by atoms with Gasteiger partial charge in [-0.3, -0.25) is 0 Å². The number of carboxylic acid groups (broad SMARTS) is 1. The van der Waals surface area contributed by atoms with Gasteiger partial charge in [-0.25, -0.2) is 4.79 Å². The summed E-state index contributed by atoms with van der Waals surface area (Å²) in [5, 5.41) is 17.5. The molecule has 0 aliphatic heterocycles. The molecule has 0 heterocycles. The van der Waals surface area contributed by atoms with Gasteiger partial charge in [0.1, 0.15) is 5.75 Å². The molecule has 0 aliphatic rings. The molecular formula is C10H12MgO3. The molecule has 1 aromatic carbocycles. The number of rotatable bonds is 2. The number of hydrogen-bond acceptors (Lipinski definition) is 2. The second kappa shape index (κ2) is 5.67. The molecule has 3 nitrogen and oxygen atoms in total. The van der Waals surface area contributed by atoms with Gasteiger partial charge in [-0.15, -0.1) is 0 Å². The average molecular weight is 205 g/mol. The molecule has 0 aliphatic carbocycles. The number of carboxylic acids is 1. The van der Waals surface area contributed by atoms with E-state index in [2.05, 4.69) is 0 Å². The average Bonchev–Trinajstić information content (AvgIpc) is 2.08. The second-order valence-electron chi connectivity index (χ2n) is 2.72. The van der Waals surface area contributed by atoms with Gasteiger partial charge in [0.25, 0.3) is 0 Å². The van der Waals surface area contributed by atoms with Crippen molar-refractivity contribution in [1.82, 2.24) is 0 Å². The van der Waals surface area contributed by atoms with Crippen molar-refractivity contribution in [3.63, 3.8) is 0 Å². The van der Waals surface area contributed by atoms with Crippen LogP contribution in [0.3, 0.4) is 0 Å². The summed E-state index contributed by atoms with van der Waals surface area (Å²) in [6.45, 7) is 1.52. The Balaban J connectivity index is -0.000000563. The fourth-order valence-corrected chi connectivity index (χ4v) is 0.882. The Labute approximate surface area is 101 Å². The first-order valence-corrected chi connectivity index (χ1v) is 3.80. The molecule has 0 fully saturated rings. The van der Waals surface area contributed by atoms with E-state index in [-0.39, 0.29) is 37.2 Å². The molecule has 0 radical (unpaired) electrons. The Morgan fingerprint density at radius 2 is 1.86 bits per heavy atom. The van der Waals surface area contributed by atoms with Gasteiger partial charge < -0.3 is 13.1 Å². The van der Waals surface area contributed by atoms with Crippen LogP contribution in [-0.2, 0) is 4.79 Å². The SMILES string of the molecule is CC(=Cc1ccc(O)cc1)C(=O)O.[H-].[H-].[Mg+2]. The van der Waals surface area contributed by atoms with Crippen LogP contribution in [0.2, 0.25) is 0 Å². The van der Waals surface area contributed by atoms with Crippen LogP contribution in [-0.4, -0.2) is 39.2 Å².